The minimum absolute atomic E-state index is 1.11. The molecule has 45 heavy (non-hydrogen) atoms. The summed E-state index contributed by atoms with van der Waals surface area (Å²) in [6, 6.07) is 0. The zero-order valence-corrected chi connectivity index (χ0v) is 29.7. The molecule has 0 aromatic heterocycles. The van der Waals surface area contributed by atoms with Crippen molar-refractivity contribution in [3.05, 3.63) is 0 Å². The van der Waals surface area contributed by atoms with Gasteiger partial charge in [-0.1, -0.05) is 116 Å². The molecule has 0 radical (unpaired) electrons. The van der Waals surface area contributed by atoms with Crippen molar-refractivity contribution < 1.29 is 0 Å². The largest absolute Gasteiger partial charge is 0.0533 e. The topological polar surface area (TPSA) is 0 Å². The molecular weight excluding hydrogens is 540 g/mol. The Morgan fingerprint density at radius 2 is 0.489 bits per heavy atom. The van der Waals surface area contributed by atoms with E-state index >= 15 is 0 Å². The summed E-state index contributed by atoms with van der Waals surface area (Å²) in [6.07, 6.45) is 46.8. The highest BCUT2D eigenvalue weighted by Gasteiger charge is 2.56. The fourth-order valence-electron chi connectivity index (χ4n) is 16.6. The van der Waals surface area contributed by atoms with E-state index in [1.165, 1.54) is 0 Å². The minimum Gasteiger partial charge on any atom is -0.0533 e. The van der Waals surface area contributed by atoms with Crippen molar-refractivity contribution in [2.75, 3.05) is 0 Å². The van der Waals surface area contributed by atoms with Gasteiger partial charge in [-0.2, -0.15) is 0 Å². The molecule has 0 aromatic rings. The summed E-state index contributed by atoms with van der Waals surface area (Å²) in [6.45, 7) is 0. The predicted octanol–water partition coefficient (Wildman–Crippen LogP) is 13.3. The van der Waals surface area contributed by atoms with Gasteiger partial charge in [0.25, 0.3) is 0 Å². The third kappa shape index (κ3) is 6.30. The fraction of sp³-hybridized carbons (Fsp3) is 1.00. The highest BCUT2D eigenvalue weighted by Crippen LogP contribution is 2.64. The van der Waals surface area contributed by atoms with Crippen molar-refractivity contribution in [1.29, 1.82) is 0 Å². The molecule has 9 fully saturated rings. The summed E-state index contributed by atoms with van der Waals surface area (Å²) >= 11 is 0. The molecule has 0 aliphatic heterocycles. The van der Waals surface area contributed by atoms with Gasteiger partial charge in [0.2, 0.25) is 0 Å². The maximum Gasteiger partial charge on any atom is -0.0323 e. The van der Waals surface area contributed by atoms with Gasteiger partial charge in [0.05, 0.1) is 0 Å². The minimum atomic E-state index is 1.11. The van der Waals surface area contributed by atoms with E-state index in [0.29, 0.717) is 0 Å². The molecule has 14 atom stereocenters. The molecule has 0 bridgehead atoms. The number of fused-ring (bicyclic) bond motifs is 5. The predicted molar refractivity (Wildman–Crippen MR) is 190 cm³/mol. The molecule has 9 aliphatic rings. The molecule has 14 unspecified atom stereocenters. The first kappa shape index (κ1) is 31.0. The molecule has 0 N–H and O–H groups in total. The van der Waals surface area contributed by atoms with E-state index < -0.39 is 0 Å². The Labute approximate surface area is 280 Å². The van der Waals surface area contributed by atoms with Crippen LogP contribution in [-0.2, 0) is 0 Å². The number of rotatable bonds is 4. The van der Waals surface area contributed by atoms with E-state index in [-0.39, 0.29) is 0 Å². The average molecular weight is 615 g/mol. The Kier molecular flexibility index (Phi) is 9.46. The molecule has 0 nitrogen and oxygen atoms in total. The number of hydrogen-bond donors (Lipinski definition) is 0. The van der Waals surface area contributed by atoms with Crippen LogP contribution in [0.2, 0.25) is 0 Å². The molecule has 0 heteroatoms. The molecule has 9 rings (SSSR count). The summed E-state index contributed by atoms with van der Waals surface area (Å²) in [5.41, 5.74) is 0. The van der Waals surface area contributed by atoms with Crippen LogP contribution in [0.25, 0.3) is 0 Å². The highest BCUT2D eigenvalue weighted by atomic mass is 14.6. The average Bonchev–Trinajstić information content (AvgIpc) is 3.47. The van der Waals surface area contributed by atoms with E-state index in [1.54, 1.807) is 186 Å². The Bertz CT molecular complexity index is 953. The van der Waals surface area contributed by atoms with Crippen LogP contribution in [0.4, 0.5) is 0 Å². The van der Waals surface area contributed by atoms with Crippen molar-refractivity contribution in [3.8, 4) is 0 Å². The third-order valence-electron chi connectivity index (χ3n) is 18.5. The van der Waals surface area contributed by atoms with Crippen LogP contribution >= 0.6 is 0 Å². The van der Waals surface area contributed by atoms with Gasteiger partial charge in [-0.05, 0) is 165 Å². The lowest BCUT2D eigenvalue weighted by atomic mass is 9.53. The molecule has 0 amide bonds. The van der Waals surface area contributed by atoms with E-state index in [9.17, 15) is 0 Å². The van der Waals surface area contributed by atoms with Gasteiger partial charge in [0, 0.05) is 0 Å². The SMILES string of the molecule is C1CCC(C2CC(C3CCC4CCCCC4C3)CC(C3CC4CC5CC6CCCCC6CC5C4C(C4CCCCC4)C3)C2)CC1. The molecule has 0 saturated heterocycles. The normalized spacial score (nSPS) is 51.5. The second kappa shape index (κ2) is 13.7. The fourth-order valence-corrected chi connectivity index (χ4v) is 16.6. The van der Waals surface area contributed by atoms with Gasteiger partial charge in [0.1, 0.15) is 0 Å². The molecule has 9 saturated carbocycles. The van der Waals surface area contributed by atoms with Gasteiger partial charge in [-0.15, -0.1) is 0 Å². The van der Waals surface area contributed by atoms with E-state index in [0.717, 1.165) is 94.7 Å². The molecule has 9 aliphatic carbocycles. The Hall–Kier alpha value is 0. The van der Waals surface area contributed by atoms with Crippen LogP contribution in [-0.4, -0.2) is 0 Å². The van der Waals surface area contributed by atoms with Crippen LogP contribution in [0.5, 0.6) is 0 Å². The standard InChI is InChI=1S/C45H74/c1-3-11-30(12-4-1)37-23-38(36-20-19-31-13-7-8-16-33(31)21-36)25-39(24-37)40-26-42-27-41-22-34-17-9-10-18-35(34)28-44(41)45(42)43(29-40)32-14-5-2-6-15-32/h30-45H,1-29H2. The van der Waals surface area contributed by atoms with Crippen LogP contribution in [0.3, 0.4) is 0 Å². The molecule has 0 heterocycles. The van der Waals surface area contributed by atoms with Gasteiger partial charge < -0.3 is 0 Å². The quantitative estimate of drug-likeness (QED) is 0.295. The maximum atomic E-state index is 1.70. The van der Waals surface area contributed by atoms with Gasteiger partial charge in [-0.25, -0.2) is 0 Å². The van der Waals surface area contributed by atoms with Crippen molar-refractivity contribution in [3.63, 3.8) is 0 Å². The zero-order chi connectivity index (χ0) is 29.7. The summed E-state index contributed by atoms with van der Waals surface area (Å²) in [7, 11) is 0. The van der Waals surface area contributed by atoms with E-state index in [4.69, 9.17) is 0 Å². The summed E-state index contributed by atoms with van der Waals surface area (Å²) < 4.78 is 0. The Morgan fingerprint density at radius 1 is 0.178 bits per heavy atom. The first-order valence-electron chi connectivity index (χ1n) is 22.3. The van der Waals surface area contributed by atoms with Gasteiger partial charge >= 0.3 is 0 Å². The summed E-state index contributed by atoms with van der Waals surface area (Å²) in [5, 5.41) is 0. The first-order valence-corrected chi connectivity index (χ1v) is 22.3. The first-order chi connectivity index (χ1) is 22.3. The molecule has 0 aromatic carbocycles. The molecule has 254 valence electrons. The van der Waals surface area contributed by atoms with Crippen molar-refractivity contribution in [1.82, 2.24) is 0 Å². The Balaban J connectivity index is 0.963. The van der Waals surface area contributed by atoms with Crippen LogP contribution < -0.4 is 0 Å². The lowest BCUT2D eigenvalue weighted by Gasteiger charge is -2.52. The van der Waals surface area contributed by atoms with Crippen LogP contribution in [0.15, 0.2) is 0 Å². The highest BCUT2D eigenvalue weighted by molar-refractivity contribution is 5.05. The van der Waals surface area contributed by atoms with E-state index in [1.807, 2.05) is 0 Å². The lowest BCUT2D eigenvalue weighted by Crippen LogP contribution is -2.44. The monoisotopic (exact) mass is 615 g/mol. The van der Waals surface area contributed by atoms with Crippen LogP contribution in [0, 0.1) is 94.7 Å². The van der Waals surface area contributed by atoms with Crippen molar-refractivity contribution in [2.45, 2.75) is 186 Å². The second-order valence-electron chi connectivity index (χ2n) is 20.3. The van der Waals surface area contributed by atoms with Gasteiger partial charge in [0.15, 0.2) is 0 Å². The molecule has 0 spiro atoms. The maximum absolute atomic E-state index is 1.70. The number of hydrogen-bond acceptors (Lipinski definition) is 0. The smallest absolute Gasteiger partial charge is 0.0323 e. The van der Waals surface area contributed by atoms with Gasteiger partial charge in [-0.3, -0.25) is 0 Å². The second-order valence-corrected chi connectivity index (χ2v) is 20.3. The summed E-state index contributed by atoms with van der Waals surface area (Å²) in [5.74, 6) is 18.0. The van der Waals surface area contributed by atoms with Crippen molar-refractivity contribution >= 4 is 0 Å². The van der Waals surface area contributed by atoms with Crippen molar-refractivity contribution in [2.24, 2.45) is 94.7 Å². The van der Waals surface area contributed by atoms with E-state index in [2.05, 4.69) is 0 Å². The lowest BCUT2D eigenvalue weighted by molar-refractivity contribution is -0.0270. The summed E-state index contributed by atoms with van der Waals surface area (Å²) in [4.78, 5) is 0. The molecular formula is C45H74. The Morgan fingerprint density at radius 3 is 1.18 bits per heavy atom. The zero-order valence-electron chi connectivity index (χ0n) is 29.7. The van der Waals surface area contributed by atoms with Crippen LogP contribution in [0.1, 0.15) is 186 Å². The third-order valence-corrected chi connectivity index (χ3v) is 18.5.